The van der Waals surface area contributed by atoms with E-state index in [9.17, 15) is 9.59 Å². The van der Waals surface area contributed by atoms with Crippen molar-refractivity contribution in [3.8, 4) is 33.1 Å². The van der Waals surface area contributed by atoms with Crippen molar-refractivity contribution in [2.24, 2.45) is 0 Å². The van der Waals surface area contributed by atoms with Gasteiger partial charge in [-0.1, -0.05) is 42.5 Å². The summed E-state index contributed by atoms with van der Waals surface area (Å²) in [5.41, 5.74) is 4.39. The minimum Gasteiger partial charge on any atom is -0.497 e. The maximum Gasteiger partial charge on any atom is 0.310 e. The molecule has 7 heteroatoms. The van der Waals surface area contributed by atoms with Crippen LogP contribution in [0, 0.1) is 0 Å². The van der Waals surface area contributed by atoms with Crippen molar-refractivity contribution in [1.82, 2.24) is 0 Å². The van der Waals surface area contributed by atoms with Gasteiger partial charge in [-0.15, -0.1) is 11.3 Å². The molecule has 0 radical (unpaired) electrons. The molecule has 0 saturated heterocycles. The third-order valence-corrected chi connectivity index (χ3v) is 6.80. The van der Waals surface area contributed by atoms with E-state index >= 15 is 0 Å². The van der Waals surface area contributed by atoms with Crippen LogP contribution in [-0.4, -0.2) is 33.2 Å². The van der Waals surface area contributed by atoms with Crippen LogP contribution in [0.25, 0.3) is 21.6 Å². The first-order chi connectivity index (χ1) is 17.5. The van der Waals surface area contributed by atoms with E-state index in [2.05, 4.69) is 5.32 Å². The second-order valence-corrected chi connectivity index (χ2v) is 9.22. The van der Waals surface area contributed by atoms with E-state index in [1.165, 1.54) is 18.4 Å². The van der Waals surface area contributed by atoms with E-state index in [0.717, 1.165) is 37.7 Å². The monoisotopic (exact) mass is 501 g/mol. The largest absolute Gasteiger partial charge is 0.497 e. The first-order valence-corrected chi connectivity index (χ1v) is 12.2. The molecule has 1 N–H and O–H groups in total. The van der Waals surface area contributed by atoms with Crippen molar-refractivity contribution < 1.29 is 23.8 Å². The fourth-order valence-electron chi connectivity index (χ4n) is 3.90. The standard InChI is InChI=1S/C29H27NO5S/c1-33-21-11-13-23(26(17-21)34-2)20-8-6-7-19(15-20)16-28(31)30-25-10-5-4-9-24(25)27-14-12-22(36-27)18-29(32)35-3/h4-15,17H,16,18H2,1-3H3,(H,30,31). The highest BCUT2D eigenvalue weighted by atomic mass is 32.1. The number of esters is 1. The number of hydrogen-bond acceptors (Lipinski definition) is 6. The van der Waals surface area contributed by atoms with Gasteiger partial charge < -0.3 is 19.5 Å². The fraction of sp³-hybridized carbons (Fsp3) is 0.172. The number of hydrogen-bond donors (Lipinski definition) is 1. The zero-order valence-electron chi connectivity index (χ0n) is 20.4. The van der Waals surface area contributed by atoms with Crippen molar-refractivity contribution >= 4 is 28.9 Å². The van der Waals surface area contributed by atoms with Gasteiger partial charge in [0.15, 0.2) is 0 Å². The molecule has 4 aromatic rings. The van der Waals surface area contributed by atoms with Crippen molar-refractivity contribution in [3.63, 3.8) is 0 Å². The predicted octanol–water partition coefficient (Wildman–Crippen LogP) is 6.00. The van der Waals surface area contributed by atoms with Crippen LogP contribution in [0.1, 0.15) is 10.4 Å². The molecule has 0 aliphatic carbocycles. The summed E-state index contributed by atoms with van der Waals surface area (Å²) in [6, 6.07) is 25.0. The van der Waals surface area contributed by atoms with Gasteiger partial charge in [-0.2, -0.15) is 0 Å². The Kier molecular flexibility index (Phi) is 8.02. The molecule has 3 aromatic carbocycles. The first kappa shape index (κ1) is 25.0. The van der Waals surface area contributed by atoms with E-state index in [4.69, 9.17) is 14.2 Å². The number of anilines is 1. The summed E-state index contributed by atoms with van der Waals surface area (Å²) in [7, 11) is 4.62. The van der Waals surface area contributed by atoms with E-state index in [-0.39, 0.29) is 24.7 Å². The summed E-state index contributed by atoms with van der Waals surface area (Å²) in [5.74, 6) is 1.02. The second kappa shape index (κ2) is 11.6. The lowest BCUT2D eigenvalue weighted by atomic mass is 10.0. The van der Waals surface area contributed by atoms with Crippen LogP contribution in [0.4, 0.5) is 5.69 Å². The van der Waals surface area contributed by atoms with E-state index in [0.29, 0.717) is 11.5 Å². The minimum atomic E-state index is -0.278. The maximum atomic E-state index is 13.0. The van der Waals surface area contributed by atoms with E-state index in [1.807, 2.05) is 78.9 Å². The molecule has 36 heavy (non-hydrogen) atoms. The molecule has 1 amide bonds. The molecular formula is C29H27NO5S. The van der Waals surface area contributed by atoms with Gasteiger partial charge in [-0.3, -0.25) is 9.59 Å². The Morgan fingerprint density at radius 3 is 2.42 bits per heavy atom. The van der Waals surface area contributed by atoms with Crippen LogP contribution in [0.5, 0.6) is 11.5 Å². The van der Waals surface area contributed by atoms with Gasteiger partial charge in [0.2, 0.25) is 5.91 Å². The summed E-state index contributed by atoms with van der Waals surface area (Å²) in [6.45, 7) is 0. The summed E-state index contributed by atoms with van der Waals surface area (Å²) in [5, 5.41) is 3.05. The Labute approximate surface area is 214 Å². The highest BCUT2D eigenvalue weighted by molar-refractivity contribution is 7.15. The molecule has 0 bridgehead atoms. The van der Waals surface area contributed by atoms with Crippen molar-refractivity contribution in [3.05, 3.63) is 89.3 Å². The third kappa shape index (κ3) is 5.93. The molecule has 0 fully saturated rings. The number of methoxy groups -OCH3 is 3. The van der Waals surface area contributed by atoms with Gasteiger partial charge in [-0.25, -0.2) is 0 Å². The molecule has 0 aliphatic heterocycles. The molecular weight excluding hydrogens is 474 g/mol. The van der Waals surface area contributed by atoms with Gasteiger partial charge >= 0.3 is 5.97 Å². The maximum absolute atomic E-state index is 13.0. The van der Waals surface area contributed by atoms with Crippen molar-refractivity contribution in [2.45, 2.75) is 12.8 Å². The number of ether oxygens (including phenoxy) is 3. The first-order valence-electron chi connectivity index (χ1n) is 11.4. The molecule has 0 saturated carbocycles. The second-order valence-electron chi connectivity index (χ2n) is 8.06. The number of para-hydroxylation sites is 1. The lowest BCUT2D eigenvalue weighted by molar-refractivity contribution is -0.139. The van der Waals surface area contributed by atoms with Crippen LogP contribution in [0.3, 0.4) is 0 Å². The minimum absolute atomic E-state index is 0.118. The third-order valence-electron chi connectivity index (χ3n) is 5.69. The molecule has 1 heterocycles. The molecule has 4 rings (SSSR count). The highest BCUT2D eigenvalue weighted by Gasteiger charge is 2.14. The predicted molar refractivity (Wildman–Crippen MR) is 143 cm³/mol. The van der Waals surface area contributed by atoms with Gasteiger partial charge in [-0.05, 0) is 41.5 Å². The average molecular weight is 502 g/mol. The lowest BCUT2D eigenvalue weighted by Gasteiger charge is -2.12. The number of nitrogens with one attached hydrogen (secondary N) is 1. The Balaban J connectivity index is 1.51. The van der Waals surface area contributed by atoms with Crippen LogP contribution in [0.15, 0.2) is 78.9 Å². The zero-order valence-corrected chi connectivity index (χ0v) is 21.2. The SMILES string of the molecule is COC(=O)Cc1ccc(-c2ccccc2NC(=O)Cc2cccc(-c3ccc(OC)cc3OC)c2)s1. The Morgan fingerprint density at radius 1 is 0.806 bits per heavy atom. The summed E-state index contributed by atoms with van der Waals surface area (Å²) >= 11 is 1.51. The van der Waals surface area contributed by atoms with Gasteiger partial charge in [0.05, 0.1) is 34.2 Å². The summed E-state index contributed by atoms with van der Waals surface area (Å²) in [6.07, 6.45) is 0.448. The summed E-state index contributed by atoms with van der Waals surface area (Å²) < 4.78 is 15.6. The van der Waals surface area contributed by atoms with Gasteiger partial charge in [0.25, 0.3) is 0 Å². The topological polar surface area (TPSA) is 73.9 Å². The number of rotatable bonds is 9. The molecule has 1 aromatic heterocycles. The number of carbonyl (C=O) groups excluding carboxylic acids is 2. The zero-order chi connectivity index (χ0) is 25.5. The number of amides is 1. The molecule has 0 atom stereocenters. The van der Waals surface area contributed by atoms with Crippen molar-refractivity contribution in [2.75, 3.05) is 26.6 Å². The van der Waals surface area contributed by atoms with E-state index < -0.39 is 0 Å². The molecule has 0 aliphatic rings. The van der Waals surface area contributed by atoms with Crippen molar-refractivity contribution in [1.29, 1.82) is 0 Å². The number of carbonyl (C=O) groups is 2. The fourth-order valence-corrected chi connectivity index (χ4v) is 4.94. The van der Waals surface area contributed by atoms with E-state index in [1.54, 1.807) is 14.2 Å². The quantitative estimate of drug-likeness (QED) is 0.285. The lowest BCUT2D eigenvalue weighted by Crippen LogP contribution is -2.15. The van der Waals surface area contributed by atoms with Gasteiger partial charge in [0.1, 0.15) is 11.5 Å². The van der Waals surface area contributed by atoms with Crippen LogP contribution >= 0.6 is 11.3 Å². The molecule has 6 nitrogen and oxygen atoms in total. The van der Waals surface area contributed by atoms with Crippen LogP contribution in [-0.2, 0) is 27.2 Å². The normalized spacial score (nSPS) is 10.5. The van der Waals surface area contributed by atoms with Crippen LogP contribution in [0.2, 0.25) is 0 Å². The van der Waals surface area contributed by atoms with Crippen LogP contribution < -0.4 is 14.8 Å². The highest BCUT2D eigenvalue weighted by Crippen LogP contribution is 2.35. The average Bonchev–Trinajstić information content (AvgIpc) is 3.36. The number of benzene rings is 3. The Bertz CT molecular complexity index is 1380. The molecule has 0 spiro atoms. The Hall–Kier alpha value is -4.10. The summed E-state index contributed by atoms with van der Waals surface area (Å²) in [4.78, 5) is 26.5. The smallest absolute Gasteiger partial charge is 0.310 e. The number of thiophene rings is 1. The Morgan fingerprint density at radius 2 is 1.64 bits per heavy atom. The van der Waals surface area contributed by atoms with Gasteiger partial charge in [0, 0.05) is 32.6 Å². The molecule has 0 unspecified atom stereocenters. The molecule has 184 valence electrons.